The van der Waals surface area contributed by atoms with Gasteiger partial charge < -0.3 is 38.2 Å². The van der Waals surface area contributed by atoms with E-state index >= 15 is 0 Å². The topological polar surface area (TPSA) is 174 Å². The zero-order valence-corrected chi connectivity index (χ0v) is 36.4. The van der Waals surface area contributed by atoms with Crippen molar-refractivity contribution in [3.05, 3.63) is 60.9 Å². The van der Waals surface area contributed by atoms with Crippen LogP contribution in [0.3, 0.4) is 0 Å². The molecule has 4 aromatic rings. The Bertz CT molecular complexity index is 2100. The lowest BCUT2D eigenvalue weighted by molar-refractivity contribution is -0.0930. The lowest BCUT2D eigenvalue weighted by Crippen LogP contribution is -2.59. The van der Waals surface area contributed by atoms with Crippen molar-refractivity contribution in [1.29, 1.82) is 0 Å². The van der Waals surface area contributed by atoms with Crippen LogP contribution in [0.2, 0.25) is 0 Å². The lowest BCUT2D eigenvalue weighted by atomic mass is 10.1. The smallest absolute Gasteiger partial charge is 0.300 e. The van der Waals surface area contributed by atoms with E-state index in [-0.39, 0.29) is 5.69 Å². The molecule has 0 aliphatic heterocycles. The van der Waals surface area contributed by atoms with Crippen molar-refractivity contribution >= 4 is 31.6 Å². The van der Waals surface area contributed by atoms with Crippen molar-refractivity contribution in [3.8, 4) is 57.0 Å². The molecule has 0 saturated carbocycles. The van der Waals surface area contributed by atoms with Crippen molar-refractivity contribution in [2.24, 2.45) is 0 Å². The van der Waals surface area contributed by atoms with Gasteiger partial charge in [-0.1, -0.05) is 0 Å². The zero-order chi connectivity index (χ0) is 42.7. The first-order chi connectivity index (χ1) is 27.5. The highest BCUT2D eigenvalue weighted by Crippen LogP contribution is 2.43. The first kappa shape index (κ1) is 45.7. The fourth-order valence-electron chi connectivity index (χ4n) is 5.96. The van der Waals surface area contributed by atoms with Crippen LogP contribution in [-0.2, 0) is 28.6 Å². The van der Waals surface area contributed by atoms with Gasteiger partial charge in [-0.15, -0.1) is 0 Å². The van der Waals surface area contributed by atoms with Crippen LogP contribution >= 0.6 is 0 Å². The molecule has 18 heteroatoms. The Labute approximate surface area is 342 Å². The maximum Gasteiger partial charge on any atom is 0.300 e. The number of pyridine rings is 2. The number of hydrogen-bond donors (Lipinski definition) is 0. The quantitative estimate of drug-likeness (QED) is 0.0594. The van der Waals surface area contributed by atoms with Crippen LogP contribution in [0.25, 0.3) is 22.5 Å². The molecule has 0 N–H and O–H groups in total. The lowest BCUT2D eigenvalue weighted by Gasteiger charge is -2.42. The van der Waals surface area contributed by atoms with E-state index in [9.17, 15) is 16.8 Å². The molecule has 0 aliphatic carbocycles. The largest absolute Gasteiger partial charge is 0.490 e. The van der Waals surface area contributed by atoms with Crippen LogP contribution in [-0.4, -0.2) is 106 Å². The second-order valence-corrected chi connectivity index (χ2v) is 15.9. The summed E-state index contributed by atoms with van der Waals surface area (Å²) in [6, 6.07) is 14.0. The molecule has 0 radical (unpaired) electrons. The van der Waals surface area contributed by atoms with Gasteiger partial charge in [-0.3, -0.25) is 9.97 Å². The van der Waals surface area contributed by atoms with E-state index in [1.807, 2.05) is 53.7 Å². The Hall–Kier alpha value is -5.04. The molecule has 0 fully saturated rings. The van der Waals surface area contributed by atoms with Crippen LogP contribution in [0.15, 0.2) is 60.9 Å². The molecule has 0 aliphatic rings. The number of aromatic nitrogens is 2. The highest BCUT2D eigenvalue weighted by molar-refractivity contribution is 7.86. The van der Waals surface area contributed by atoms with Gasteiger partial charge in [-0.2, -0.15) is 16.8 Å². The first-order valence-electron chi connectivity index (χ1n) is 18.8. The second kappa shape index (κ2) is 20.1. The summed E-state index contributed by atoms with van der Waals surface area (Å²) in [6.45, 7) is 13.2. The van der Waals surface area contributed by atoms with E-state index in [0.29, 0.717) is 102 Å². The molecule has 2 aromatic heterocycles. The Morgan fingerprint density at radius 2 is 0.879 bits per heavy atom. The number of rotatable bonds is 23. The van der Waals surface area contributed by atoms with Crippen LogP contribution < -0.4 is 38.2 Å². The van der Waals surface area contributed by atoms with Gasteiger partial charge in [0, 0.05) is 25.2 Å². The van der Waals surface area contributed by atoms with Crippen LogP contribution in [0.4, 0.5) is 11.4 Å². The van der Waals surface area contributed by atoms with Crippen molar-refractivity contribution in [1.82, 2.24) is 9.97 Å². The maximum absolute atomic E-state index is 12.9. The first-order valence-corrected chi connectivity index (χ1v) is 22.5. The number of nitrogens with zero attached hydrogens (tertiary/aromatic N) is 4. The second-order valence-electron chi connectivity index (χ2n) is 12.7. The molecule has 0 unspecified atom stereocenters. The summed E-state index contributed by atoms with van der Waals surface area (Å²) in [7, 11) is -5.64. The third kappa shape index (κ3) is 11.8. The van der Waals surface area contributed by atoms with E-state index in [1.54, 1.807) is 54.5 Å². The summed E-state index contributed by atoms with van der Waals surface area (Å²) in [5, 5.41) is 0. The number of benzene rings is 2. The van der Waals surface area contributed by atoms with E-state index < -0.39 is 32.7 Å². The van der Waals surface area contributed by atoms with Crippen molar-refractivity contribution in [2.45, 2.75) is 47.5 Å². The van der Waals surface area contributed by atoms with Crippen molar-refractivity contribution in [2.75, 3.05) is 82.6 Å². The summed E-state index contributed by atoms with van der Waals surface area (Å²) in [4.78, 5) is 12.1. The zero-order valence-electron chi connectivity index (χ0n) is 34.7. The number of anilines is 2. The van der Waals surface area contributed by atoms with Gasteiger partial charge in [0.15, 0.2) is 23.0 Å². The van der Waals surface area contributed by atoms with Crippen molar-refractivity contribution < 1.29 is 53.6 Å². The van der Waals surface area contributed by atoms with Gasteiger partial charge in [0.05, 0.1) is 93.9 Å². The van der Waals surface area contributed by atoms with Gasteiger partial charge in [-0.25, -0.2) is 8.37 Å². The van der Waals surface area contributed by atoms with E-state index in [1.165, 1.54) is 18.1 Å². The maximum atomic E-state index is 12.9. The Morgan fingerprint density at radius 1 is 0.534 bits per heavy atom. The van der Waals surface area contributed by atoms with E-state index in [2.05, 4.69) is 9.97 Å². The molecular weight excluding hydrogens is 793 g/mol. The van der Waals surface area contributed by atoms with Crippen LogP contribution in [0.1, 0.15) is 41.5 Å². The highest BCUT2D eigenvalue weighted by atomic mass is 32.2. The average Bonchev–Trinajstić information content (AvgIpc) is 3.16. The minimum atomic E-state index is -4.35. The molecule has 4 rings (SSSR count). The minimum absolute atomic E-state index is 0.268. The third-order valence-electron chi connectivity index (χ3n) is 8.24. The molecule has 16 nitrogen and oxygen atoms in total. The molecule has 318 valence electrons. The van der Waals surface area contributed by atoms with Gasteiger partial charge in [0.1, 0.15) is 0 Å². The van der Waals surface area contributed by atoms with E-state index in [4.69, 9.17) is 36.8 Å². The molecule has 0 saturated heterocycles. The van der Waals surface area contributed by atoms with E-state index in [0.717, 1.165) is 12.5 Å². The summed E-state index contributed by atoms with van der Waals surface area (Å²) in [5.74, 6) is 0.486. The molecule has 0 spiro atoms. The Balaban J connectivity index is 1.74. The Morgan fingerprint density at radius 3 is 1.17 bits per heavy atom. The highest BCUT2D eigenvalue weighted by Gasteiger charge is 2.46. The van der Waals surface area contributed by atoms with Gasteiger partial charge in [0.2, 0.25) is 11.5 Å². The normalized spacial score (nSPS) is 11.8. The predicted molar refractivity (Wildman–Crippen MR) is 223 cm³/mol. The number of ether oxygens (including phenoxy) is 6. The fraction of sp³-hybridized carbons (Fsp3) is 0.450. The Kier molecular flexibility index (Phi) is 15.8. The molecule has 58 heavy (non-hydrogen) atoms. The van der Waals surface area contributed by atoms with Gasteiger partial charge in [-0.05, 0) is 90.1 Å². The molecule has 0 atom stereocenters. The fourth-order valence-corrected chi connectivity index (χ4v) is 7.34. The summed E-state index contributed by atoms with van der Waals surface area (Å²) < 4.78 is 97.7. The van der Waals surface area contributed by atoms with Gasteiger partial charge in [0.25, 0.3) is 20.2 Å². The summed E-state index contributed by atoms with van der Waals surface area (Å²) in [5.41, 5.74) is 3.19. The number of likely N-dealkylation sites (N-methyl/N-ethyl adjacent to an activating group) is 2. The summed E-state index contributed by atoms with van der Waals surface area (Å²) in [6.07, 6.45) is 4.61. The summed E-state index contributed by atoms with van der Waals surface area (Å²) >= 11 is 0. The minimum Gasteiger partial charge on any atom is -0.490 e. The molecule has 2 heterocycles. The standard InChI is InChI=1S/C40H54N4O12S2/c1-11-49-34-21-28(22-35(50-12-2)38(34)53-15-5)32-19-17-30(25-41-32)43(7)27-40(55-57(9,45)46,56-58(10,47)48)44(8)31-18-20-33(42-26-31)29-23-36(51-13-3)39(54-16-6)37(24-29)52-14-4/h17-26H,11-16,27H2,1-10H3. The van der Waals surface area contributed by atoms with Crippen LogP contribution in [0.5, 0.6) is 34.5 Å². The van der Waals surface area contributed by atoms with Gasteiger partial charge >= 0.3 is 5.91 Å². The van der Waals surface area contributed by atoms with Crippen LogP contribution in [0, 0.1) is 0 Å². The molecule has 0 bridgehead atoms. The molecule has 2 aromatic carbocycles. The predicted octanol–water partition coefficient (Wildman–Crippen LogP) is 6.38. The average molecular weight is 847 g/mol. The monoisotopic (exact) mass is 846 g/mol. The molecule has 0 amide bonds. The third-order valence-corrected chi connectivity index (χ3v) is 9.37. The molecular formula is C40H54N4O12S2. The SMILES string of the molecule is CCOc1cc(-c2ccc(N(C)CC(OS(C)(=O)=O)(OS(C)(=O)=O)N(C)c3ccc(-c4cc(OCC)c(OCC)c(OCC)c4)nc3)cn2)cc(OCC)c1OCC. The number of hydrogen-bond acceptors (Lipinski definition) is 16. The van der Waals surface area contributed by atoms with Crippen molar-refractivity contribution in [3.63, 3.8) is 0 Å².